The average molecular weight is 395 g/mol. The first-order chi connectivity index (χ1) is 14.0. The van der Waals surface area contributed by atoms with E-state index in [0.717, 1.165) is 0 Å². The van der Waals surface area contributed by atoms with Crippen LogP contribution in [0, 0.1) is 11.3 Å². The van der Waals surface area contributed by atoms with Crippen LogP contribution in [0.4, 0.5) is 11.4 Å². The van der Waals surface area contributed by atoms with Gasteiger partial charge in [-0.25, -0.2) is 4.79 Å². The molecule has 3 N–H and O–H groups in total. The number of carboxylic acids is 1. The van der Waals surface area contributed by atoms with E-state index in [1.165, 1.54) is 30.5 Å². The van der Waals surface area contributed by atoms with Crippen molar-refractivity contribution in [3.05, 3.63) is 59.8 Å². The molecule has 0 fully saturated rings. The summed E-state index contributed by atoms with van der Waals surface area (Å²) in [5.41, 5.74) is 0.935. The number of ether oxygens (including phenoxy) is 2. The fraction of sp³-hybridized carbons (Fsp3) is 0.190. The van der Waals surface area contributed by atoms with E-state index in [4.69, 9.17) is 14.6 Å². The lowest BCUT2D eigenvalue weighted by atomic mass is 10.2. The first-order valence-corrected chi connectivity index (χ1v) is 8.89. The van der Waals surface area contributed by atoms with Gasteiger partial charge in [-0.2, -0.15) is 5.26 Å². The van der Waals surface area contributed by atoms with Gasteiger partial charge in [-0.3, -0.25) is 4.79 Å². The van der Waals surface area contributed by atoms with Crippen LogP contribution in [0.15, 0.2) is 54.2 Å². The zero-order valence-electron chi connectivity index (χ0n) is 16.1. The van der Waals surface area contributed by atoms with Gasteiger partial charge < -0.3 is 25.2 Å². The molecule has 1 amide bonds. The lowest BCUT2D eigenvalue weighted by Crippen LogP contribution is -2.14. The van der Waals surface area contributed by atoms with Gasteiger partial charge in [0.25, 0.3) is 5.91 Å². The van der Waals surface area contributed by atoms with Gasteiger partial charge in [0.15, 0.2) is 11.5 Å². The highest BCUT2D eigenvalue weighted by Gasteiger charge is 2.11. The van der Waals surface area contributed by atoms with Gasteiger partial charge in [0, 0.05) is 23.6 Å². The van der Waals surface area contributed by atoms with Crippen LogP contribution >= 0.6 is 0 Å². The molecule has 0 saturated carbocycles. The highest BCUT2D eigenvalue weighted by atomic mass is 16.5. The number of carbonyl (C=O) groups is 2. The van der Waals surface area contributed by atoms with Crippen molar-refractivity contribution in [1.29, 1.82) is 5.26 Å². The molecule has 0 aromatic heterocycles. The Morgan fingerprint density at radius 1 is 1.03 bits per heavy atom. The van der Waals surface area contributed by atoms with E-state index in [1.807, 2.05) is 19.9 Å². The minimum atomic E-state index is -1.06. The standard InChI is InChI=1S/C21H21N3O5/c1-3-28-18-10-9-17(11-19(18)29-4-2)23-13-15(12-22)20(25)24-16-7-5-14(6-8-16)21(26)27/h5-11,13,23H,3-4H2,1-2H3,(H,24,25)(H,26,27)/b15-13-. The van der Waals surface area contributed by atoms with Crippen LogP contribution < -0.4 is 20.1 Å². The summed E-state index contributed by atoms with van der Waals surface area (Å²) in [6, 6.07) is 12.6. The molecular formula is C21H21N3O5. The van der Waals surface area contributed by atoms with E-state index >= 15 is 0 Å². The van der Waals surface area contributed by atoms with Gasteiger partial charge in [-0.15, -0.1) is 0 Å². The summed E-state index contributed by atoms with van der Waals surface area (Å²) < 4.78 is 11.0. The minimum absolute atomic E-state index is 0.0984. The number of nitrogens with zero attached hydrogens (tertiary/aromatic N) is 1. The molecular weight excluding hydrogens is 374 g/mol. The summed E-state index contributed by atoms with van der Waals surface area (Å²) in [4.78, 5) is 23.2. The van der Waals surface area contributed by atoms with Crippen LogP contribution in [0.3, 0.4) is 0 Å². The summed E-state index contributed by atoms with van der Waals surface area (Å²) in [6.07, 6.45) is 1.28. The third-order valence-electron chi connectivity index (χ3n) is 3.68. The van der Waals surface area contributed by atoms with Crippen molar-refractivity contribution in [1.82, 2.24) is 0 Å². The van der Waals surface area contributed by atoms with E-state index < -0.39 is 11.9 Å². The lowest BCUT2D eigenvalue weighted by molar-refractivity contribution is -0.112. The Morgan fingerprint density at radius 3 is 2.24 bits per heavy atom. The number of amides is 1. The van der Waals surface area contributed by atoms with Crippen LogP contribution in [0.2, 0.25) is 0 Å². The Morgan fingerprint density at radius 2 is 1.66 bits per heavy atom. The molecule has 29 heavy (non-hydrogen) atoms. The third-order valence-corrected chi connectivity index (χ3v) is 3.68. The molecule has 0 atom stereocenters. The van der Waals surface area contributed by atoms with Crippen LogP contribution in [0.25, 0.3) is 0 Å². The van der Waals surface area contributed by atoms with Crippen molar-refractivity contribution >= 4 is 23.3 Å². The van der Waals surface area contributed by atoms with Gasteiger partial charge in [0.05, 0.1) is 18.8 Å². The van der Waals surface area contributed by atoms with E-state index in [-0.39, 0.29) is 11.1 Å². The Hall–Kier alpha value is -3.99. The molecule has 0 spiro atoms. The summed E-state index contributed by atoms with van der Waals surface area (Å²) in [7, 11) is 0. The molecule has 0 radical (unpaired) electrons. The number of carboxylic acid groups (broad SMARTS) is 1. The van der Waals surface area contributed by atoms with E-state index in [9.17, 15) is 14.9 Å². The molecule has 0 aliphatic carbocycles. The summed E-state index contributed by atoms with van der Waals surface area (Å²) in [6.45, 7) is 4.69. The number of benzene rings is 2. The lowest BCUT2D eigenvalue weighted by Gasteiger charge is -2.12. The average Bonchev–Trinajstić information content (AvgIpc) is 2.71. The van der Waals surface area contributed by atoms with Crippen LogP contribution in [0.5, 0.6) is 11.5 Å². The Balaban J connectivity index is 2.10. The van der Waals surface area contributed by atoms with Crippen molar-refractivity contribution in [3.63, 3.8) is 0 Å². The predicted molar refractivity (Wildman–Crippen MR) is 108 cm³/mol. The Kier molecular flexibility index (Phi) is 7.62. The molecule has 0 unspecified atom stereocenters. The van der Waals surface area contributed by atoms with E-state index in [2.05, 4.69) is 10.6 Å². The highest BCUT2D eigenvalue weighted by Crippen LogP contribution is 2.30. The molecule has 0 aliphatic rings. The monoisotopic (exact) mass is 395 g/mol. The number of hydrogen-bond acceptors (Lipinski definition) is 6. The fourth-order valence-corrected chi connectivity index (χ4v) is 2.34. The van der Waals surface area contributed by atoms with Gasteiger partial charge in [0.1, 0.15) is 11.6 Å². The van der Waals surface area contributed by atoms with Crippen molar-refractivity contribution in [2.24, 2.45) is 0 Å². The number of anilines is 2. The molecule has 0 bridgehead atoms. The van der Waals surface area contributed by atoms with Crippen LogP contribution in [0.1, 0.15) is 24.2 Å². The van der Waals surface area contributed by atoms with Crippen LogP contribution in [-0.4, -0.2) is 30.2 Å². The Labute approximate surface area is 168 Å². The second kappa shape index (κ2) is 10.4. The number of nitrogens with one attached hydrogen (secondary N) is 2. The second-order valence-electron chi connectivity index (χ2n) is 5.68. The quantitative estimate of drug-likeness (QED) is 0.438. The van der Waals surface area contributed by atoms with Crippen molar-refractivity contribution in [2.45, 2.75) is 13.8 Å². The fourth-order valence-electron chi connectivity index (χ4n) is 2.34. The normalized spacial score (nSPS) is 10.6. The maximum Gasteiger partial charge on any atom is 0.335 e. The predicted octanol–water partition coefficient (Wildman–Crippen LogP) is 3.64. The number of nitriles is 1. The SMILES string of the molecule is CCOc1ccc(N/C=C(/C#N)C(=O)Nc2ccc(C(=O)O)cc2)cc1OCC. The second-order valence-corrected chi connectivity index (χ2v) is 5.68. The van der Waals surface area contributed by atoms with Crippen molar-refractivity contribution in [3.8, 4) is 17.6 Å². The summed E-state index contributed by atoms with van der Waals surface area (Å²) >= 11 is 0. The molecule has 0 heterocycles. The maximum atomic E-state index is 12.3. The number of rotatable bonds is 9. The molecule has 8 heteroatoms. The van der Waals surface area contributed by atoms with Crippen LogP contribution in [-0.2, 0) is 4.79 Å². The minimum Gasteiger partial charge on any atom is -0.490 e. The zero-order valence-corrected chi connectivity index (χ0v) is 16.1. The summed E-state index contributed by atoms with van der Waals surface area (Å²) in [5.74, 6) is -0.535. The van der Waals surface area contributed by atoms with E-state index in [1.54, 1.807) is 18.2 Å². The number of carbonyl (C=O) groups excluding carboxylic acids is 1. The van der Waals surface area contributed by atoms with Gasteiger partial charge in [-0.05, 0) is 50.2 Å². The Bertz CT molecular complexity index is 946. The largest absolute Gasteiger partial charge is 0.490 e. The molecule has 0 aliphatic heterocycles. The molecule has 2 aromatic carbocycles. The highest BCUT2D eigenvalue weighted by molar-refractivity contribution is 6.06. The maximum absolute atomic E-state index is 12.3. The molecule has 150 valence electrons. The number of hydrogen-bond donors (Lipinski definition) is 3. The molecule has 2 rings (SSSR count). The first-order valence-electron chi connectivity index (χ1n) is 8.89. The third kappa shape index (κ3) is 6.01. The molecule has 0 saturated heterocycles. The first kappa shape index (κ1) is 21.3. The number of aromatic carboxylic acids is 1. The van der Waals surface area contributed by atoms with Gasteiger partial charge in [0.2, 0.25) is 0 Å². The van der Waals surface area contributed by atoms with E-state index in [0.29, 0.717) is 36.1 Å². The van der Waals surface area contributed by atoms with Gasteiger partial charge >= 0.3 is 5.97 Å². The summed E-state index contributed by atoms with van der Waals surface area (Å²) in [5, 5.41) is 23.6. The topological polar surface area (TPSA) is 121 Å². The van der Waals surface area contributed by atoms with Gasteiger partial charge in [-0.1, -0.05) is 0 Å². The zero-order chi connectivity index (χ0) is 21.2. The smallest absolute Gasteiger partial charge is 0.335 e. The van der Waals surface area contributed by atoms with Crippen molar-refractivity contribution in [2.75, 3.05) is 23.8 Å². The van der Waals surface area contributed by atoms with Crippen molar-refractivity contribution < 1.29 is 24.2 Å². The molecule has 8 nitrogen and oxygen atoms in total. The molecule has 2 aromatic rings.